The van der Waals surface area contributed by atoms with E-state index >= 15 is 0 Å². The van der Waals surface area contributed by atoms with E-state index in [9.17, 15) is 15.4 Å². The van der Waals surface area contributed by atoms with Gasteiger partial charge in [-0.3, -0.25) is 15.0 Å². The number of hydrogen-bond acceptors (Lipinski definition) is 7. The Labute approximate surface area is 187 Å². The highest BCUT2D eigenvalue weighted by Crippen LogP contribution is 2.27. The topological polar surface area (TPSA) is 98.1 Å². The summed E-state index contributed by atoms with van der Waals surface area (Å²) in [6.07, 6.45) is 0. The van der Waals surface area contributed by atoms with Gasteiger partial charge in [0.1, 0.15) is 11.8 Å². The Hall–Kier alpha value is -3.35. The lowest BCUT2D eigenvalue weighted by atomic mass is 10.1. The van der Waals surface area contributed by atoms with Gasteiger partial charge in [0.2, 0.25) is 0 Å². The Bertz CT molecular complexity index is 1020. The van der Waals surface area contributed by atoms with E-state index < -0.39 is 4.92 Å². The second-order valence-electron chi connectivity index (χ2n) is 8.44. The van der Waals surface area contributed by atoms with E-state index in [-0.39, 0.29) is 11.3 Å². The molecule has 3 aliphatic heterocycles. The summed E-state index contributed by atoms with van der Waals surface area (Å²) in [5, 5.41) is 28.5. The predicted octanol–water partition coefficient (Wildman–Crippen LogP) is 3.85. The number of nitro benzene ring substituents is 1. The molecule has 0 amide bonds. The average Bonchev–Trinajstić information content (AvgIpc) is 2.84. The first-order chi connectivity index (χ1) is 15.5. The van der Waals surface area contributed by atoms with Crippen LogP contribution in [-0.2, 0) is 0 Å². The number of benzene rings is 2. The van der Waals surface area contributed by atoms with Crippen LogP contribution in [0.2, 0.25) is 0 Å². The maximum Gasteiger partial charge on any atom is 0.270 e. The Morgan fingerprint density at radius 3 is 2.41 bits per heavy atom. The maximum absolute atomic E-state index is 10.9. The zero-order chi connectivity index (χ0) is 22.6. The van der Waals surface area contributed by atoms with Crippen LogP contribution in [0.4, 0.5) is 22.7 Å². The van der Waals surface area contributed by atoms with Gasteiger partial charge < -0.3 is 9.38 Å². The quantitative estimate of drug-likeness (QED) is 0.272. The summed E-state index contributed by atoms with van der Waals surface area (Å²) in [6.45, 7) is 12.8. The first-order valence-electron chi connectivity index (χ1n) is 11.0. The number of likely N-dealkylation sites (N-methyl/N-ethyl adjacent to an activating group) is 1. The first-order valence-corrected chi connectivity index (χ1v) is 11.0. The molecule has 3 saturated heterocycles. The zero-order valence-electron chi connectivity index (χ0n) is 18.4. The fourth-order valence-corrected chi connectivity index (χ4v) is 4.53. The number of anilines is 1. The van der Waals surface area contributed by atoms with Crippen LogP contribution >= 0.6 is 0 Å². The van der Waals surface area contributed by atoms with Crippen molar-refractivity contribution in [2.24, 2.45) is 10.2 Å². The number of nitriles is 1. The highest BCUT2D eigenvalue weighted by atomic mass is 16.6. The summed E-state index contributed by atoms with van der Waals surface area (Å²) in [7, 11) is 0. The minimum Gasteiger partial charge on any atom is -0.366 e. The predicted molar refractivity (Wildman–Crippen MR) is 122 cm³/mol. The summed E-state index contributed by atoms with van der Waals surface area (Å²) in [5.74, 6) is 0. The molecule has 0 unspecified atom stereocenters. The summed E-state index contributed by atoms with van der Waals surface area (Å²) < 4.78 is 1.25. The van der Waals surface area contributed by atoms with Gasteiger partial charge in [-0.25, -0.2) is 0 Å². The molecule has 2 bridgehead atoms. The molecule has 3 aliphatic rings. The van der Waals surface area contributed by atoms with Gasteiger partial charge in [-0.2, -0.15) is 10.4 Å². The van der Waals surface area contributed by atoms with Crippen molar-refractivity contribution in [2.75, 3.05) is 63.8 Å². The summed E-state index contributed by atoms with van der Waals surface area (Å²) >= 11 is 0. The van der Waals surface area contributed by atoms with Crippen molar-refractivity contribution in [1.82, 2.24) is 4.90 Å². The highest BCUT2D eigenvalue weighted by Gasteiger charge is 2.38. The number of hydrogen-bond donors (Lipinski definition) is 0. The SMILES string of the molecule is CCN(CC[N+]12CCN(CC1)CC2)c1ccc(/N=N/c2ccc([N+](=O)[O-])cc2C#N)cc1. The Balaban J connectivity index is 1.41. The number of quaternary nitrogens is 1. The molecule has 0 radical (unpaired) electrons. The maximum atomic E-state index is 10.9. The highest BCUT2D eigenvalue weighted by molar-refractivity contribution is 5.58. The van der Waals surface area contributed by atoms with Crippen molar-refractivity contribution in [3.63, 3.8) is 0 Å². The Morgan fingerprint density at radius 1 is 1.12 bits per heavy atom. The number of nitro groups is 1. The van der Waals surface area contributed by atoms with Gasteiger partial charge >= 0.3 is 0 Å². The molecule has 0 N–H and O–H groups in total. The fourth-order valence-electron chi connectivity index (χ4n) is 4.53. The van der Waals surface area contributed by atoms with Crippen LogP contribution in [0.1, 0.15) is 12.5 Å². The van der Waals surface area contributed by atoms with Crippen LogP contribution in [0.5, 0.6) is 0 Å². The third-order valence-electron chi connectivity index (χ3n) is 6.70. The zero-order valence-corrected chi connectivity index (χ0v) is 18.4. The van der Waals surface area contributed by atoms with E-state index in [1.807, 2.05) is 30.3 Å². The Kier molecular flexibility index (Phi) is 6.44. The normalized spacial score (nSPS) is 22.1. The van der Waals surface area contributed by atoms with Crippen molar-refractivity contribution in [2.45, 2.75) is 6.92 Å². The van der Waals surface area contributed by atoms with Gasteiger partial charge in [-0.1, -0.05) is 0 Å². The van der Waals surface area contributed by atoms with Crippen LogP contribution in [-0.4, -0.2) is 73.2 Å². The molecule has 9 nitrogen and oxygen atoms in total. The molecule has 0 aromatic heterocycles. The van der Waals surface area contributed by atoms with Gasteiger partial charge in [-0.15, -0.1) is 5.11 Å². The van der Waals surface area contributed by atoms with E-state index in [1.165, 1.54) is 68.5 Å². The smallest absolute Gasteiger partial charge is 0.270 e. The van der Waals surface area contributed by atoms with E-state index in [2.05, 4.69) is 27.0 Å². The van der Waals surface area contributed by atoms with E-state index in [1.54, 1.807) is 0 Å². The summed E-state index contributed by atoms with van der Waals surface area (Å²) in [5.41, 5.74) is 2.13. The third-order valence-corrected chi connectivity index (χ3v) is 6.70. The van der Waals surface area contributed by atoms with Crippen LogP contribution < -0.4 is 4.90 Å². The monoisotopic (exact) mass is 434 g/mol. The second-order valence-corrected chi connectivity index (χ2v) is 8.44. The van der Waals surface area contributed by atoms with Gasteiger partial charge in [-0.05, 0) is 37.3 Å². The number of fused-ring (bicyclic) bond motifs is 3. The molecule has 166 valence electrons. The molecule has 0 saturated carbocycles. The van der Waals surface area contributed by atoms with Crippen LogP contribution in [0.3, 0.4) is 0 Å². The van der Waals surface area contributed by atoms with E-state index in [4.69, 9.17) is 0 Å². The molecule has 0 atom stereocenters. The van der Waals surface area contributed by atoms with Crippen molar-refractivity contribution in [1.29, 1.82) is 5.26 Å². The molecular formula is C23H28N7O2+. The van der Waals surface area contributed by atoms with Gasteiger partial charge in [0, 0.05) is 44.0 Å². The second kappa shape index (κ2) is 9.42. The summed E-state index contributed by atoms with van der Waals surface area (Å²) in [4.78, 5) is 15.3. The molecule has 0 aliphatic carbocycles. The minimum absolute atomic E-state index is 0.128. The van der Waals surface area contributed by atoms with Crippen LogP contribution in [0, 0.1) is 21.4 Å². The van der Waals surface area contributed by atoms with Crippen molar-refractivity contribution in [3.8, 4) is 6.07 Å². The van der Waals surface area contributed by atoms with E-state index in [0.717, 1.165) is 18.8 Å². The largest absolute Gasteiger partial charge is 0.366 e. The van der Waals surface area contributed by atoms with Gasteiger partial charge in [0.25, 0.3) is 5.69 Å². The number of azo groups is 1. The minimum atomic E-state index is -0.532. The standard InChI is InChI=1S/C23H28N7O2/c1-2-28(12-16-30-13-9-27(10-14-30)11-15-30)21-5-3-20(4-6-21)25-26-23-8-7-22(29(31)32)17-19(23)18-24/h3-8,17H,2,9-16H2,1H3/q+1/b26-25+. The molecule has 2 aromatic carbocycles. The molecule has 32 heavy (non-hydrogen) atoms. The number of nitrogens with zero attached hydrogens (tertiary/aromatic N) is 7. The molecule has 0 spiro atoms. The fraction of sp³-hybridized carbons (Fsp3) is 0.435. The first kappa shape index (κ1) is 21.9. The lowest BCUT2D eigenvalue weighted by Gasteiger charge is -2.51. The van der Waals surface area contributed by atoms with Crippen LogP contribution in [0.25, 0.3) is 0 Å². The van der Waals surface area contributed by atoms with Gasteiger partial charge in [0.15, 0.2) is 0 Å². The molecular weight excluding hydrogens is 406 g/mol. The van der Waals surface area contributed by atoms with Crippen LogP contribution in [0.15, 0.2) is 52.7 Å². The third kappa shape index (κ3) is 4.77. The summed E-state index contributed by atoms with van der Waals surface area (Å²) in [6, 6.07) is 13.8. The van der Waals surface area contributed by atoms with Gasteiger partial charge in [0.05, 0.1) is 48.9 Å². The molecule has 9 heteroatoms. The molecule has 3 heterocycles. The lowest BCUT2D eigenvalue weighted by Crippen LogP contribution is -2.68. The van der Waals surface area contributed by atoms with Crippen molar-refractivity contribution in [3.05, 3.63) is 58.1 Å². The molecule has 3 fully saturated rings. The lowest BCUT2D eigenvalue weighted by molar-refractivity contribution is -0.939. The number of piperazine rings is 3. The molecule has 5 rings (SSSR count). The van der Waals surface area contributed by atoms with E-state index in [0.29, 0.717) is 11.4 Å². The number of rotatable bonds is 8. The average molecular weight is 435 g/mol. The molecule has 2 aromatic rings. The Morgan fingerprint density at radius 2 is 1.81 bits per heavy atom. The number of non-ortho nitro benzene ring substituents is 1. The van der Waals surface area contributed by atoms with Crippen molar-refractivity contribution < 1.29 is 9.41 Å². The van der Waals surface area contributed by atoms with Crippen molar-refractivity contribution >= 4 is 22.7 Å².